The lowest BCUT2D eigenvalue weighted by Gasteiger charge is -2.39. The van der Waals surface area contributed by atoms with Crippen LogP contribution in [0.15, 0.2) is 70.2 Å². The molecule has 0 saturated heterocycles. The van der Waals surface area contributed by atoms with Gasteiger partial charge in [0.15, 0.2) is 0 Å². The van der Waals surface area contributed by atoms with E-state index in [0.717, 1.165) is 33.2 Å². The first-order valence-electron chi connectivity index (χ1n) is 11.1. The molecule has 3 nitrogen and oxygen atoms in total. The molecular weight excluding hydrogens is 444 g/mol. The summed E-state index contributed by atoms with van der Waals surface area (Å²) in [5, 5.41) is 1.56. The van der Waals surface area contributed by atoms with E-state index in [0.29, 0.717) is 11.2 Å². The van der Waals surface area contributed by atoms with Gasteiger partial charge in [-0.25, -0.2) is 0 Å². The highest BCUT2D eigenvalue weighted by Crippen LogP contribution is 2.46. The van der Waals surface area contributed by atoms with Crippen LogP contribution in [-0.2, 0) is 0 Å². The van der Waals surface area contributed by atoms with Crippen LogP contribution in [-0.4, -0.2) is 29.1 Å². The lowest BCUT2D eigenvalue weighted by molar-refractivity contribution is -0.210. The van der Waals surface area contributed by atoms with Crippen molar-refractivity contribution in [3.8, 4) is 0 Å². The number of nitrogens with zero attached hydrogens (tertiary/aromatic N) is 2. The molecule has 0 spiro atoms. The van der Waals surface area contributed by atoms with Crippen LogP contribution in [0.3, 0.4) is 0 Å². The number of pyridine rings is 1. The lowest BCUT2D eigenvalue weighted by atomic mass is 9.78. The average Bonchev–Trinajstić information content (AvgIpc) is 3.11. The first-order chi connectivity index (χ1) is 16.0. The third-order valence-corrected chi connectivity index (χ3v) is 6.84. The Morgan fingerprint density at radius 3 is 2.50 bits per heavy atom. The number of hydrogen-bond acceptors (Lipinski definition) is 3. The Morgan fingerprint density at radius 1 is 1.03 bits per heavy atom. The SMILES string of the molecule is Cc1ccc2c(oc3nc(F)ccc32)c1C1=CC=C2C(CC(C)(C)C(F)(F)F)=CC=CC2N1C. The third-order valence-electron chi connectivity index (χ3n) is 6.84. The number of allylic oxidation sites excluding steroid dienone is 4. The van der Waals surface area contributed by atoms with E-state index < -0.39 is 17.5 Å². The van der Waals surface area contributed by atoms with Gasteiger partial charge in [0, 0.05) is 29.1 Å². The van der Waals surface area contributed by atoms with Crippen molar-refractivity contribution in [2.24, 2.45) is 5.41 Å². The van der Waals surface area contributed by atoms with Crippen LogP contribution in [0.25, 0.3) is 27.8 Å². The topological polar surface area (TPSA) is 29.3 Å². The zero-order chi connectivity index (χ0) is 24.4. The van der Waals surface area contributed by atoms with Crippen molar-refractivity contribution in [3.63, 3.8) is 0 Å². The highest BCUT2D eigenvalue weighted by molar-refractivity contribution is 6.07. The molecule has 0 radical (unpaired) electrons. The van der Waals surface area contributed by atoms with E-state index in [1.54, 1.807) is 12.1 Å². The van der Waals surface area contributed by atoms with Crippen molar-refractivity contribution >= 4 is 27.8 Å². The average molecular weight is 468 g/mol. The molecule has 1 aliphatic carbocycles. The minimum Gasteiger partial charge on any atom is -0.437 e. The van der Waals surface area contributed by atoms with Gasteiger partial charge in [0.1, 0.15) is 5.58 Å². The van der Waals surface area contributed by atoms with Crippen LogP contribution in [0.5, 0.6) is 0 Å². The molecule has 176 valence electrons. The summed E-state index contributed by atoms with van der Waals surface area (Å²) >= 11 is 0. The molecule has 3 aromatic rings. The zero-order valence-corrected chi connectivity index (χ0v) is 19.3. The van der Waals surface area contributed by atoms with E-state index in [9.17, 15) is 17.6 Å². The smallest absolute Gasteiger partial charge is 0.394 e. The molecule has 1 unspecified atom stereocenters. The van der Waals surface area contributed by atoms with Crippen molar-refractivity contribution in [1.82, 2.24) is 9.88 Å². The van der Waals surface area contributed by atoms with Gasteiger partial charge in [-0.05, 0) is 48.3 Å². The van der Waals surface area contributed by atoms with Crippen LogP contribution in [0.2, 0.25) is 0 Å². The van der Waals surface area contributed by atoms with Gasteiger partial charge < -0.3 is 9.32 Å². The molecule has 0 bridgehead atoms. The van der Waals surface area contributed by atoms with Gasteiger partial charge in [-0.2, -0.15) is 22.5 Å². The van der Waals surface area contributed by atoms with Gasteiger partial charge in [-0.1, -0.05) is 50.3 Å². The normalized spacial score (nSPS) is 18.8. The highest BCUT2D eigenvalue weighted by atomic mass is 19.4. The number of halogens is 4. The van der Waals surface area contributed by atoms with E-state index in [4.69, 9.17) is 4.42 Å². The Kier molecular flexibility index (Phi) is 5.01. The predicted octanol–water partition coefficient (Wildman–Crippen LogP) is 7.48. The van der Waals surface area contributed by atoms with Crippen LogP contribution >= 0.6 is 0 Å². The molecule has 0 saturated carbocycles. The maximum atomic E-state index is 13.7. The fraction of sp³-hybridized carbons (Fsp3) is 0.296. The Hall–Kier alpha value is -3.35. The van der Waals surface area contributed by atoms with Crippen molar-refractivity contribution in [2.45, 2.75) is 39.4 Å². The summed E-state index contributed by atoms with van der Waals surface area (Å²) in [6.45, 7) is 4.44. The number of aromatic nitrogens is 1. The quantitative estimate of drug-likeness (QED) is 0.295. The minimum atomic E-state index is -4.30. The van der Waals surface area contributed by atoms with Gasteiger partial charge in [-0.3, -0.25) is 0 Å². The van der Waals surface area contributed by atoms with E-state index in [-0.39, 0.29) is 18.2 Å². The van der Waals surface area contributed by atoms with Crippen LogP contribution < -0.4 is 0 Å². The summed E-state index contributed by atoms with van der Waals surface area (Å²) in [7, 11) is 1.92. The maximum Gasteiger partial charge on any atom is 0.394 e. The molecule has 1 aliphatic heterocycles. The molecule has 34 heavy (non-hydrogen) atoms. The summed E-state index contributed by atoms with van der Waals surface area (Å²) in [6, 6.07) is 6.67. The summed E-state index contributed by atoms with van der Waals surface area (Å²) in [6.07, 6.45) is 5.00. The second kappa shape index (κ2) is 7.58. The Morgan fingerprint density at radius 2 is 1.76 bits per heavy atom. The van der Waals surface area contributed by atoms with Crippen molar-refractivity contribution in [2.75, 3.05) is 7.05 Å². The van der Waals surface area contributed by atoms with Gasteiger partial charge >= 0.3 is 6.18 Å². The van der Waals surface area contributed by atoms with E-state index in [2.05, 4.69) is 4.98 Å². The third kappa shape index (κ3) is 3.45. The summed E-state index contributed by atoms with van der Waals surface area (Å²) in [4.78, 5) is 5.93. The van der Waals surface area contributed by atoms with E-state index >= 15 is 0 Å². The standard InChI is InChI=1S/C27H24F4N2O/c1-15-8-9-18-19-11-13-22(28)32-25(19)34-24(18)23(15)21-12-10-17-16(6-5-7-20(17)33(21)4)14-26(2,3)27(29,30)31/h5-13,20H,14H2,1-4H3. The van der Waals surface area contributed by atoms with E-state index in [1.165, 1.54) is 19.9 Å². The zero-order valence-electron chi connectivity index (χ0n) is 19.3. The number of fused-ring (bicyclic) bond motifs is 4. The van der Waals surface area contributed by atoms with E-state index in [1.807, 2.05) is 55.3 Å². The molecular formula is C27H24F4N2O. The number of benzene rings is 1. The number of alkyl halides is 3. The molecule has 1 atom stereocenters. The summed E-state index contributed by atoms with van der Waals surface area (Å²) in [5.41, 5.74) is 3.23. The first kappa shape index (κ1) is 22.4. The van der Waals surface area contributed by atoms with Crippen molar-refractivity contribution < 1.29 is 22.0 Å². The molecule has 2 aromatic heterocycles. The van der Waals surface area contributed by atoms with Crippen molar-refractivity contribution in [1.29, 1.82) is 0 Å². The minimum absolute atomic E-state index is 0.102. The van der Waals surface area contributed by atoms with Crippen molar-refractivity contribution in [3.05, 3.63) is 82.9 Å². The number of likely N-dealkylation sites (N-methyl/N-ethyl adjacent to an activating group) is 1. The second-order valence-corrected chi connectivity index (χ2v) is 9.59. The molecule has 2 aliphatic rings. The van der Waals surface area contributed by atoms with Gasteiger partial charge in [0.25, 0.3) is 0 Å². The first-order valence-corrected chi connectivity index (χ1v) is 11.1. The Balaban J connectivity index is 1.62. The number of aryl methyl sites for hydroxylation is 1. The highest BCUT2D eigenvalue weighted by Gasteiger charge is 2.48. The second-order valence-electron chi connectivity index (χ2n) is 9.59. The molecule has 0 amide bonds. The Bertz CT molecular complexity index is 1440. The van der Waals surface area contributed by atoms with Gasteiger partial charge in [0.05, 0.1) is 11.5 Å². The summed E-state index contributed by atoms with van der Waals surface area (Å²) in [5.74, 6) is -0.611. The monoisotopic (exact) mass is 468 g/mol. The fourth-order valence-corrected chi connectivity index (χ4v) is 4.76. The molecule has 1 aromatic carbocycles. The number of rotatable bonds is 3. The molecule has 0 N–H and O–H groups in total. The lowest BCUT2D eigenvalue weighted by Crippen LogP contribution is -2.37. The Labute approximate surface area is 194 Å². The molecule has 7 heteroatoms. The molecule has 3 heterocycles. The number of furan rings is 1. The van der Waals surface area contributed by atoms with Crippen LogP contribution in [0, 0.1) is 18.3 Å². The molecule has 0 fully saturated rings. The molecule has 5 rings (SSSR count). The van der Waals surface area contributed by atoms with Crippen LogP contribution in [0.1, 0.15) is 31.4 Å². The maximum absolute atomic E-state index is 13.7. The van der Waals surface area contributed by atoms with Gasteiger partial charge in [-0.15, -0.1) is 0 Å². The summed E-state index contributed by atoms with van der Waals surface area (Å²) < 4.78 is 60.4. The van der Waals surface area contributed by atoms with Gasteiger partial charge in [0.2, 0.25) is 11.7 Å². The largest absolute Gasteiger partial charge is 0.437 e. The van der Waals surface area contributed by atoms with Crippen LogP contribution in [0.4, 0.5) is 17.6 Å². The number of hydrogen-bond donors (Lipinski definition) is 0. The fourth-order valence-electron chi connectivity index (χ4n) is 4.76. The predicted molar refractivity (Wildman–Crippen MR) is 125 cm³/mol.